The Bertz CT molecular complexity index is 520. The molecule has 1 aromatic heterocycles. The van der Waals surface area contributed by atoms with Crippen LogP contribution in [0.25, 0.3) is 0 Å². The molecule has 0 saturated carbocycles. The molecule has 102 valence electrons. The maximum absolute atomic E-state index is 12.6. The normalized spacial score (nSPS) is 13.5. The first-order valence-corrected chi connectivity index (χ1v) is 5.88. The lowest BCUT2D eigenvalue weighted by Gasteiger charge is -2.12. The standard InChI is InChI=1S/C14H14F3NO/c15-14(16,17)12-3-1-2-10(6-12)7-13(18)8-11-4-5-19-9-11/h1-6,9,13H,7-8,18H2. The van der Waals surface area contributed by atoms with Crippen LogP contribution in [0.5, 0.6) is 0 Å². The lowest BCUT2D eigenvalue weighted by Crippen LogP contribution is -2.25. The van der Waals surface area contributed by atoms with Gasteiger partial charge in [-0.25, -0.2) is 0 Å². The maximum atomic E-state index is 12.6. The number of benzene rings is 1. The molecule has 0 amide bonds. The van der Waals surface area contributed by atoms with Crippen LogP contribution in [0.15, 0.2) is 47.3 Å². The van der Waals surface area contributed by atoms with Gasteiger partial charge in [0, 0.05) is 6.04 Å². The Balaban J connectivity index is 2.03. The van der Waals surface area contributed by atoms with E-state index in [-0.39, 0.29) is 6.04 Å². The average Bonchev–Trinajstić information content (AvgIpc) is 2.80. The number of rotatable bonds is 4. The molecule has 1 heterocycles. The molecule has 2 rings (SSSR count). The van der Waals surface area contributed by atoms with Gasteiger partial charge in [0.05, 0.1) is 18.1 Å². The first kappa shape index (κ1) is 13.7. The van der Waals surface area contributed by atoms with Crippen LogP contribution in [-0.4, -0.2) is 6.04 Å². The summed E-state index contributed by atoms with van der Waals surface area (Å²) in [4.78, 5) is 0. The second kappa shape index (κ2) is 5.48. The SMILES string of the molecule is NC(Cc1ccoc1)Cc1cccc(C(F)(F)F)c1. The van der Waals surface area contributed by atoms with Gasteiger partial charge in [0.15, 0.2) is 0 Å². The summed E-state index contributed by atoms with van der Waals surface area (Å²) in [7, 11) is 0. The van der Waals surface area contributed by atoms with Crippen molar-refractivity contribution in [1.82, 2.24) is 0 Å². The van der Waals surface area contributed by atoms with E-state index in [1.54, 1.807) is 24.7 Å². The number of hydrogen-bond acceptors (Lipinski definition) is 2. The molecule has 0 aliphatic carbocycles. The molecule has 1 atom stereocenters. The van der Waals surface area contributed by atoms with Crippen molar-refractivity contribution >= 4 is 0 Å². The first-order chi connectivity index (χ1) is 8.95. The monoisotopic (exact) mass is 269 g/mol. The average molecular weight is 269 g/mol. The Kier molecular flexibility index (Phi) is 3.95. The van der Waals surface area contributed by atoms with Gasteiger partial charge in [-0.2, -0.15) is 13.2 Å². The van der Waals surface area contributed by atoms with Crippen molar-refractivity contribution in [3.63, 3.8) is 0 Å². The fraction of sp³-hybridized carbons (Fsp3) is 0.286. The van der Waals surface area contributed by atoms with Crippen molar-refractivity contribution in [2.24, 2.45) is 5.73 Å². The summed E-state index contributed by atoms with van der Waals surface area (Å²) >= 11 is 0. The molecule has 0 aliphatic heterocycles. The summed E-state index contributed by atoms with van der Waals surface area (Å²) < 4.78 is 42.6. The molecule has 2 N–H and O–H groups in total. The second-order valence-corrected chi connectivity index (χ2v) is 4.50. The molecule has 2 nitrogen and oxygen atoms in total. The van der Waals surface area contributed by atoms with Crippen molar-refractivity contribution in [2.45, 2.75) is 25.1 Å². The van der Waals surface area contributed by atoms with Gasteiger partial charge in [-0.05, 0) is 36.1 Å². The van der Waals surface area contributed by atoms with Gasteiger partial charge >= 0.3 is 6.18 Å². The van der Waals surface area contributed by atoms with E-state index in [1.807, 2.05) is 0 Å². The van der Waals surface area contributed by atoms with Gasteiger partial charge in [0.2, 0.25) is 0 Å². The summed E-state index contributed by atoms with van der Waals surface area (Å²) in [5.41, 5.74) is 6.83. The summed E-state index contributed by atoms with van der Waals surface area (Å²) in [6.45, 7) is 0. The zero-order valence-corrected chi connectivity index (χ0v) is 10.2. The largest absolute Gasteiger partial charge is 0.472 e. The molecule has 0 aliphatic rings. The molecule has 0 spiro atoms. The highest BCUT2D eigenvalue weighted by Crippen LogP contribution is 2.29. The van der Waals surface area contributed by atoms with Gasteiger partial charge in [0.1, 0.15) is 0 Å². The van der Waals surface area contributed by atoms with E-state index in [9.17, 15) is 13.2 Å². The zero-order valence-electron chi connectivity index (χ0n) is 10.2. The third-order valence-electron chi connectivity index (χ3n) is 2.83. The van der Waals surface area contributed by atoms with Crippen molar-refractivity contribution in [1.29, 1.82) is 0 Å². The van der Waals surface area contributed by atoms with E-state index >= 15 is 0 Å². The van der Waals surface area contributed by atoms with Gasteiger partial charge in [0.25, 0.3) is 0 Å². The van der Waals surface area contributed by atoms with Gasteiger partial charge in [-0.3, -0.25) is 0 Å². The quantitative estimate of drug-likeness (QED) is 0.923. The van der Waals surface area contributed by atoms with Crippen LogP contribution >= 0.6 is 0 Å². The van der Waals surface area contributed by atoms with Crippen LogP contribution in [-0.2, 0) is 19.0 Å². The van der Waals surface area contributed by atoms with E-state index in [1.165, 1.54) is 6.07 Å². The smallest absolute Gasteiger partial charge is 0.416 e. The molecule has 1 aromatic carbocycles. The van der Waals surface area contributed by atoms with Crippen LogP contribution in [0.2, 0.25) is 0 Å². The molecule has 19 heavy (non-hydrogen) atoms. The first-order valence-electron chi connectivity index (χ1n) is 5.88. The van der Waals surface area contributed by atoms with Gasteiger partial charge < -0.3 is 10.2 Å². The number of hydrogen-bond donors (Lipinski definition) is 1. The van der Waals surface area contributed by atoms with Crippen LogP contribution in [0.4, 0.5) is 13.2 Å². The van der Waals surface area contributed by atoms with Crippen LogP contribution in [0.3, 0.4) is 0 Å². The van der Waals surface area contributed by atoms with Crippen LogP contribution in [0, 0.1) is 0 Å². The highest BCUT2D eigenvalue weighted by molar-refractivity contribution is 5.26. The summed E-state index contributed by atoms with van der Waals surface area (Å²) in [6, 6.07) is 6.83. The number of furan rings is 1. The Labute approximate surface area is 109 Å². The highest BCUT2D eigenvalue weighted by atomic mass is 19.4. The van der Waals surface area contributed by atoms with E-state index in [0.717, 1.165) is 17.7 Å². The van der Waals surface area contributed by atoms with Crippen molar-refractivity contribution in [2.75, 3.05) is 0 Å². The lowest BCUT2D eigenvalue weighted by atomic mass is 10.00. The summed E-state index contributed by atoms with van der Waals surface area (Å²) in [5.74, 6) is 0. The molecule has 0 saturated heterocycles. The Morgan fingerprint density at radius 2 is 1.84 bits per heavy atom. The molecular weight excluding hydrogens is 255 g/mol. The minimum atomic E-state index is -4.31. The number of halogens is 3. The molecule has 0 radical (unpaired) electrons. The van der Waals surface area contributed by atoms with E-state index in [2.05, 4.69) is 0 Å². The number of nitrogens with two attached hydrogens (primary N) is 1. The fourth-order valence-corrected chi connectivity index (χ4v) is 1.96. The predicted octanol–water partition coefficient (Wildman–Crippen LogP) is 3.41. The van der Waals surface area contributed by atoms with Crippen molar-refractivity contribution in [3.05, 3.63) is 59.5 Å². The minimum Gasteiger partial charge on any atom is -0.472 e. The molecule has 0 bridgehead atoms. The Morgan fingerprint density at radius 1 is 1.11 bits per heavy atom. The summed E-state index contributed by atoms with van der Waals surface area (Å²) in [5, 5.41) is 0. The van der Waals surface area contributed by atoms with Crippen LogP contribution in [0.1, 0.15) is 16.7 Å². The third-order valence-corrected chi connectivity index (χ3v) is 2.83. The lowest BCUT2D eigenvalue weighted by molar-refractivity contribution is -0.137. The van der Waals surface area contributed by atoms with E-state index < -0.39 is 11.7 Å². The maximum Gasteiger partial charge on any atom is 0.416 e. The zero-order chi connectivity index (χ0) is 13.9. The Hall–Kier alpha value is -1.75. The molecular formula is C14H14F3NO. The topological polar surface area (TPSA) is 39.2 Å². The Morgan fingerprint density at radius 3 is 2.47 bits per heavy atom. The third kappa shape index (κ3) is 3.86. The number of alkyl halides is 3. The predicted molar refractivity (Wildman–Crippen MR) is 65.5 cm³/mol. The van der Waals surface area contributed by atoms with Gasteiger partial charge in [-0.15, -0.1) is 0 Å². The highest BCUT2D eigenvalue weighted by Gasteiger charge is 2.30. The van der Waals surface area contributed by atoms with Crippen molar-refractivity contribution < 1.29 is 17.6 Å². The van der Waals surface area contributed by atoms with Gasteiger partial charge in [-0.1, -0.05) is 18.2 Å². The minimum absolute atomic E-state index is 0.235. The summed E-state index contributed by atoms with van der Waals surface area (Å²) in [6.07, 6.45) is -0.204. The van der Waals surface area contributed by atoms with E-state index in [4.69, 9.17) is 10.2 Å². The molecule has 5 heteroatoms. The second-order valence-electron chi connectivity index (χ2n) is 4.50. The molecule has 0 fully saturated rings. The van der Waals surface area contributed by atoms with Crippen molar-refractivity contribution in [3.8, 4) is 0 Å². The van der Waals surface area contributed by atoms with Crippen LogP contribution < -0.4 is 5.73 Å². The fourth-order valence-electron chi connectivity index (χ4n) is 1.96. The molecule has 1 unspecified atom stereocenters. The van der Waals surface area contributed by atoms with E-state index in [0.29, 0.717) is 18.4 Å². The molecule has 2 aromatic rings.